The monoisotopic (exact) mass is 653 g/mol. The predicted molar refractivity (Wildman–Crippen MR) is 162 cm³/mol. The molecule has 2 fully saturated rings. The predicted octanol–water partition coefficient (Wildman–Crippen LogP) is 5.59. The van der Waals surface area contributed by atoms with Crippen molar-refractivity contribution in [1.82, 2.24) is 24.8 Å². The number of carbonyl (C=O) groups is 1. The topological polar surface area (TPSA) is 101 Å². The molecular formula is C30H33ClF5N7O2. The molecule has 5 rings (SSSR count). The Morgan fingerprint density at radius 3 is 2.58 bits per heavy atom. The van der Waals surface area contributed by atoms with Crippen molar-refractivity contribution in [3.63, 3.8) is 0 Å². The first kappa shape index (κ1) is 32.6. The second kappa shape index (κ2) is 12.9. The van der Waals surface area contributed by atoms with Gasteiger partial charge in [-0.05, 0) is 70.1 Å². The Kier molecular flexibility index (Phi) is 9.36. The third-order valence-electron chi connectivity index (χ3n) is 8.19. The molecule has 0 spiro atoms. The van der Waals surface area contributed by atoms with Gasteiger partial charge in [-0.2, -0.15) is 23.1 Å². The zero-order valence-electron chi connectivity index (χ0n) is 24.9. The van der Waals surface area contributed by atoms with E-state index in [1.54, 1.807) is 0 Å². The Morgan fingerprint density at radius 2 is 1.93 bits per heavy atom. The number of likely N-dealkylation sites (N-methyl/N-ethyl adjacent to an activating group) is 1. The van der Waals surface area contributed by atoms with Gasteiger partial charge in [-0.1, -0.05) is 11.6 Å². The molecule has 15 heteroatoms. The van der Waals surface area contributed by atoms with Crippen molar-refractivity contribution in [3.8, 4) is 17.3 Å². The lowest BCUT2D eigenvalue weighted by molar-refractivity contribution is -0.137. The van der Waals surface area contributed by atoms with Crippen LogP contribution in [0.4, 0.5) is 33.6 Å². The van der Waals surface area contributed by atoms with Crippen molar-refractivity contribution in [1.29, 1.82) is 0 Å². The highest BCUT2D eigenvalue weighted by Gasteiger charge is 2.38. The molecule has 9 nitrogen and oxygen atoms in total. The minimum Gasteiger partial charge on any atom is -0.462 e. The van der Waals surface area contributed by atoms with Crippen LogP contribution in [0.15, 0.2) is 30.4 Å². The number of hydrogen-bond donors (Lipinski definition) is 1. The molecule has 1 aromatic carbocycles. The SMILES string of the molecule is Cc1cc(N)nc(-c2cc3nc(OC[C@@H]4CCCN4C)nc(N4CCN(C(=O)/C=C/C(F)F)C[C@@H]4C)c3cc2Cl)c1C(F)(F)F. The molecule has 2 aliphatic heterocycles. The molecule has 1 amide bonds. The first-order valence-corrected chi connectivity index (χ1v) is 14.8. The maximum absolute atomic E-state index is 14.2. The molecule has 242 valence electrons. The summed E-state index contributed by atoms with van der Waals surface area (Å²) < 4.78 is 73.9. The summed E-state index contributed by atoms with van der Waals surface area (Å²) in [6.07, 6.45) is -4.10. The van der Waals surface area contributed by atoms with E-state index in [9.17, 15) is 26.7 Å². The van der Waals surface area contributed by atoms with Crippen molar-refractivity contribution in [2.24, 2.45) is 0 Å². The Bertz CT molecular complexity index is 1620. The maximum Gasteiger partial charge on any atom is 0.418 e. The van der Waals surface area contributed by atoms with Crippen LogP contribution in [-0.4, -0.2) is 89.0 Å². The van der Waals surface area contributed by atoms with Gasteiger partial charge >= 0.3 is 12.2 Å². The number of nitrogens with zero attached hydrogens (tertiary/aromatic N) is 6. The number of rotatable bonds is 7. The van der Waals surface area contributed by atoms with Crippen LogP contribution in [0, 0.1) is 6.92 Å². The molecule has 0 saturated carbocycles. The van der Waals surface area contributed by atoms with Gasteiger partial charge in [-0.3, -0.25) is 4.79 Å². The third kappa shape index (κ3) is 7.06. The fraction of sp³-hybridized carbons (Fsp3) is 0.467. The lowest BCUT2D eigenvalue weighted by Crippen LogP contribution is -2.53. The lowest BCUT2D eigenvalue weighted by Gasteiger charge is -2.40. The number of alkyl halides is 5. The van der Waals surface area contributed by atoms with Crippen LogP contribution in [-0.2, 0) is 11.0 Å². The van der Waals surface area contributed by atoms with Crippen LogP contribution in [0.1, 0.15) is 30.9 Å². The second-order valence-corrected chi connectivity index (χ2v) is 11.8. The quantitative estimate of drug-likeness (QED) is 0.260. The molecule has 2 atom stereocenters. The fourth-order valence-electron chi connectivity index (χ4n) is 5.92. The molecule has 2 saturated heterocycles. The number of ether oxygens (including phenoxy) is 1. The van der Waals surface area contributed by atoms with Crippen molar-refractivity contribution in [3.05, 3.63) is 46.5 Å². The zero-order valence-corrected chi connectivity index (χ0v) is 25.7. The molecular weight excluding hydrogens is 621 g/mol. The summed E-state index contributed by atoms with van der Waals surface area (Å²) in [5.74, 6) is -0.208. The van der Waals surface area contributed by atoms with E-state index in [1.165, 1.54) is 24.0 Å². The molecule has 2 N–H and O–H groups in total. The van der Waals surface area contributed by atoms with Crippen LogP contribution in [0.5, 0.6) is 6.01 Å². The van der Waals surface area contributed by atoms with E-state index >= 15 is 0 Å². The zero-order chi connectivity index (χ0) is 32.6. The largest absolute Gasteiger partial charge is 0.462 e. The molecule has 0 radical (unpaired) electrons. The number of carbonyl (C=O) groups excluding carboxylic acids is 1. The highest BCUT2D eigenvalue weighted by Crippen LogP contribution is 2.43. The molecule has 4 heterocycles. The number of halogens is 6. The van der Waals surface area contributed by atoms with Gasteiger partial charge in [-0.15, -0.1) is 0 Å². The summed E-state index contributed by atoms with van der Waals surface area (Å²) in [4.78, 5) is 31.3. The average Bonchev–Trinajstić information content (AvgIpc) is 3.37. The number of nitrogen functional groups attached to an aromatic ring is 1. The molecule has 0 bridgehead atoms. The Balaban J connectivity index is 1.58. The molecule has 3 aromatic rings. The molecule has 0 unspecified atom stereocenters. The first-order chi connectivity index (χ1) is 21.2. The van der Waals surface area contributed by atoms with Crippen LogP contribution < -0.4 is 15.4 Å². The van der Waals surface area contributed by atoms with Gasteiger partial charge in [-0.25, -0.2) is 13.8 Å². The van der Waals surface area contributed by atoms with Gasteiger partial charge in [0.05, 0.1) is 21.8 Å². The van der Waals surface area contributed by atoms with Gasteiger partial charge in [0.15, 0.2) is 0 Å². The number of piperazine rings is 1. The summed E-state index contributed by atoms with van der Waals surface area (Å²) in [7, 11) is 2.00. The lowest BCUT2D eigenvalue weighted by atomic mass is 9.99. The summed E-state index contributed by atoms with van der Waals surface area (Å²) in [5.41, 5.74) is 4.66. The number of benzene rings is 1. The van der Waals surface area contributed by atoms with E-state index in [0.717, 1.165) is 31.5 Å². The number of pyridine rings is 1. The molecule has 45 heavy (non-hydrogen) atoms. The highest BCUT2D eigenvalue weighted by atomic mass is 35.5. The smallest absolute Gasteiger partial charge is 0.418 e. The molecule has 2 aromatic heterocycles. The normalized spacial score (nSPS) is 19.8. The summed E-state index contributed by atoms with van der Waals surface area (Å²) in [6, 6.07) is 3.94. The minimum atomic E-state index is -4.73. The van der Waals surface area contributed by atoms with Crippen molar-refractivity contribution in [2.45, 2.75) is 51.4 Å². The van der Waals surface area contributed by atoms with Gasteiger partial charge in [0.1, 0.15) is 18.2 Å². The number of aromatic nitrogens is 3. The van der Waals surface area contributed by atoms with E-state index in [2.05, 4.69) is 14.9 Å². The average molecular weight is 654 g/mol. The standard InChI is InChI=1S/C30H33ClF5N7O2/c1-16-11-24(37)39-27(26(16)30(34,35)36)19-13-22-20(12-21(19)31)28(40-29(38-22)45-15-18-5-4-8-41(18)3)43-10-9-42(14-17(43)2)25(44)7-6-23(32)33/h6-7,11-13,17-18,23H,4-5,8-10,14-15H2,1-3H3,(H2,37,39)/b7-6+/t17-,18-/m0/s1. The minimum absolute atomic E-state index is 0.00713. The van der Waals surface area contributed by atoms with Crippen LogP contribution in [0.3, 0.4) is 0 Å². The van der Waals surface area contributed by atoms with Crippen molar-refractivity contribution in [2.75, 3.05) is 50.5 Å². The van der Waals surface area contributed by atoms with Crippen LogP contribution in [0.25, 0.3) is 22.2 Å². The number of nitrogens with two attached hydrogens (primary N) is 1. The van der Waals surface area contributed by atoms with Crippen LogP contribution >= 0.6 is 11.6 Å². The first-order valence-electron chi connectivity index (χ1n) is 14.4. The van der Waals surface area contributed by atoms with Gasteiger partial charge in [0.2, 0.25) is 5.91 Å². The van der Waals surface area contributed by atoms with Gasteiger partial charge < -0.3 is 25.2 Å². The van der Waals surface area contributed by atoms with Crippen LogP contribution in [0.2, 0.25) is 5.02 Å². The maximum atomic E-state index is 14.2. The van der Waals surface area contributed by atoms with E-state index in [1.807, 2.05) is 18.9 Å². The molecule has 0 aliphatic carbocycles. The number of amides is 1. The van der Waals surface area contributed by atoms with Crippen molar-refractivity contribution < 1.29 is 31.5 Å². The van der Waals surface area contributed by atoms with Gasteiger partial charge in [0.25, 0.3) is 6.43 Å². The Hall–Kier alpha value is -3.78. The summed E-state index contributed by atoms with van der Waals surface area (Å²) in [6.45, 7) is 5.13. The fourth-order valence-corrected chi connectivity index (χ4v) is 6.17. The number of anilines is 2. The number of allylic oxidation sites excluding steroid dienone is 1. The molecule has 2 aliphatic rings. The van der Waals surface area contributed by atoms with E-state index < -0.39 is 29.8 Å². The van der Waals surface area contributed by atoms with Crippen molar-refractivity contribution >= 4 is 40.0 Å². The number of likely N-dealkylation sites (tertiary alicyclic amines) is 1. The number of fused-ring (bicyclic) bond motifs is 1. The Labute approximate surface area is 261 Å². The van der Waals surface area contributed by atoms with E-state index in [4.69, 9.17) is 27.1 Å². The highest BCUT2D eigenvalue weighted by molar-refractivity contribution is 6.34. The second-order valence-electron chi connectivity index (χ2n) is 11.4. The summed E-state index contributed by atoms with van der Waals surface area (Å²) in [5, 5.41) is 0.433. The van der Waals surface area contributed by atoms with Gasteiger partial charge in [0, 0.05) is 48.7 Å². The number of hydrogen-bond acceptors (Lipinski definition) is 8. The summed E-state index contributed by atoms with van der Waals surface area (Å²) >= 11 is 6.66. The third-order valence-corrected chi connectivity index (χ3v) is 8.50. The van der Waals surface area contributed by atoms with E-state index in [0.29, 0.717) is 30.4 Å². The Morgan fingerprint density at radius 1 is 1.18 bits per heavy atom. The number of aryl methyl sites for hydroxylation is 1. The van der Waals surface area contributed by atoms with E-state index in [-0.39, 0.29) is 58.7 Å².